The van der Waals surface area contributed by atoms with E-state index in [1.54, 1.807) is 23.9 Å². The monoisotopic (exact) mass is 448 g/mol. The molecule has 1 heterocycles. The molecular weight excluding hydrogens is 420 g/mol. The van der Waals surface area contributed by atoms with E-state index in [1.165, 1.54) is 0 Å². The summed E-state index contributed by atoms with van der Waals surface area (Å²) in [6, 6.07) is 19.1. The largest absolute Gasteiger partial charge is 0.273 e. The molecule has 2 aromatic carbocycles. The molecule has 32 heavy (non-hydrogen) atoms. The van der Waals surface area contributed by atoms with Gasteiger partial charge in [-0.25, -0.2) is 9.97 Å². The van der Waals surface area contributed by atoms with Gasteiger partial charge in [-0.1, -0.05) is 68.1 Å². The van der Waals surface area contributed by atoms with Crippen molar-refractivity contribution in [2.24, 2.45) is 0 Å². The van der Waals surface area contributed by atoms with Crippen LogP contribution in [0.2, 0.25) is 0 Å². The van der Waals surface area contributed by atoms with Crippen LogP contribution in [0.1, 0.15) is 53.1 Å². The van der Waals surface area contributed by atoms with E-state index in [-0.39, 0.29) is 23.7 Å². The second kappa shape index (κ2) is 10.4. The number of amides is 2. The minimum atomic E-state index is -0.354. The lowest BCUT2D eigenvalue weighted by molar-refractivity contribution is -0.122. The molecule has 3 rings (SSSR count). The first-order chi connectivity index (χ1) is 15.2. The second-order valence-corrected chi connectivity index (χ2v) is 9.29. The summed E-state index contributed by atoms with van der Waals surface area (Å²) in [6.07, 6.45) is 0.258. The molecular formula is C25H28N4O2S. The summed E-state index contributed by atoms with van der Waals surface area (Å²) in [4.78, 5) is 33.6. The summed E-state index contributed by atoms with van der Waals surface area (Å²) in [5, 5.41) is 0.741. The Morgan fingerprint density at radius 3 is 2.16 bits per heavy atom. The number of hydrogen-bond acceptors (Lipinski definition) is 5. The molecule has 3 aromatic rings. The highest BCUT2D eigenvalue weighted by Crippen LogP contribution is 2.26. The van der Waals surface area contributed by atoms with Crippen LogP contribution < -0.4 is 10.9 Å². The third kappa shape index (κ3) is 6.65. The number of carbonyl (C=O) groups is 2. The predicted octanol–water partition coefficient (Wildman–Crippen LogP) is 4.51. The summed E-state index contributed by atoms with van der Waals surface area (Å²) < 4.78 is 0. The third-order valence-electron chi connectivity index (χ3n) is 5.02. The van der Waals surface area contributed by atoms with Crippen LogP contribution in [-0.4, -0.2) is 21.8 Å². The van der Waals surface area contributed by atoms with Gasteiger partial charge >= 0.3 is 0 Å². The van der Waals surface area contributed by atoms with Crippen LogP contribution in [0.4, 0.5) is 0 Å². The Balaban J connectivity index is 1.49. The summed E-state index contributed by atoms with van der Waals surface area (Å²) in [5.41, 5.74) is 9.18. The van der Waals surface area contributed by atoms with Gasteiger partial charge in [0.1, 0.15) is 0 Å². The van der Waals surface area contributed by atoms with Gasteiger partial charge in [0, 0.05) is 29.1 Å². The Hall–Kier alpha value is -3.19. The fourth-order valence-corrected chi connectivity index (χ4v) is 4.20. The van der Waals surface area contributed by atoms with E-state index in [2.05, 4.69) is 20.8 Å². The first-order valence-corrected chi connectivity index (χ1v) is 11.4. The van der Waals surface area contributed by atoms with Crippen molar-refractivity contribution in [1.82, 2.24) is 20.8 Å². The van der Waals surface area contributed by atoms with Crippen molar-refractivity contribution in [3.8, 4) is 0 Å². The fraction of sp³-hybridized carbons (Fsp3) is 0.280. The first kappa shape index (κ1) is 23.5. The van der Waals surface area contributed by atoms with E-state index in [1.807, 2.05) is 76.2 Å². The van der Waals surface area contributed by atoms with Gasteiger partial charge in [0.25, 0.3) is 5.91 Å². The van der Waals surface area contributed by atoms with Crippen molar-refractivity contribution in [1.29, 1.82) is 0 Å². The first-order valence-electron chi connectivity index (χ1n) is 10.4. The average Bonchev–Trinajstić information content (AvgIpc) is 2.76. The highest BCUT2D eigenvalue weighted by molar-refractivity contribution is 7.98. The topological polar surface area (TPSA) is 84.0 Å². The molecule has 0 atom stereocenters. The quantitative estimate of drug-likeness (QED) is 0.316. The van der Waals surface area contributed by atoms with Crippen molar-refractivity contribution < 1.29 is 9.59 Å². The molecule has 6 nitrogen and oxygen atoms in total. The number of aromatic nitrogens is 2. The zero-order valence-corrected chi connectivity index (χ0v) is 19.6. The van der Waals surface area contributed by atoms with Crippen molar-refractivity contribution in [3.63, 3.8) is 0 Å². The van der Waals surface area contributed by atoms with Crippen molar-refractivity contribution in [2.75, 3.05) is 0 Å². The van der Waals surface area contributed by atoms with Crippen molar-refractivity contribution in [3.05, 3.63) is 88.7 Å². The molecule has 2 N–H and O–H groups in total. The summed E-state index contributed by atoms with van der Waals surface area (Å²) in [7, 11) is 0. The van der Waals surface area contributed by atoms with E-state index < -0.39 is 0 Å². The average molecular weight is 449 g/mol. The Bertz CT molecular complexity index is 1060. The van der Waals surface area contributed by atoms with Crippen LogP contribution in [0.5, 0.6) is 0 Å². The maximum atomic E-state index is 12.4. The summed E-state index contributed by atoms with van der Waals surface area (Å²) in [6.45, 7) is 7.91. The van der Waals surface area contributed by atoms with E-state index in [0.29, 0.717) is 11.3 Å². The maximum absolute atomic E-state index is 12.4. The van der Waals surface area contributed by atoms with Gasteiger partial charge in [-0.2, -0.15) is 0 Å². The Kier molecular flexibility index (Phi) is 7.64. The molecule has 0 spiro atoms. The van der Waals surface area contributed by atoms with Crippen LogP contribution in [0.15, 0.2) is 65.8 Å². The molecule has 0 unspecified atom stereocenters. The van der Waals surface area contributed by atoms with Gasteiger partial charge < -0.3 is 0 Å². The molecule has 0 bridgehead atoms. The summed E-state index contributed by atoms with van der Waals surface area (Å²) >= 11 is 1.55. The van der Waals surface area contributed by atoms with Crippen LogP contribution in [0, 0.1) is 13.8 Å². The highest BCUT2D eigenvalue weighted by Gasteiger charge is 2.24. The number of nitrogens with one attached hydrogen (secondary N) is 2. The van der Waals surface area contributed by atoms with E-state index in [4.69, 9.17) is 0 Å². The maximum Gasteiger partial charge on any atom is 0.269 e. The van der Waals surface area contributed by atoms with Crippen LogP contribution in [-0.2, 0) is 16.0 Å². The molecule has 166 valence electrons. The molecule has 2 amide bonds. The van der Waals surface area contributed by atoms with Crippen molar-refractivity contribution in [2.45, 2.75) is 50.4 Å². The fourth-order valence-electron chi connectivity index (χ4n) is 3.29. The lowest BCUT2D eigenvalue weighted by Crippen LogP contribution is -2.43. The number of hydrazine groups is 1. The highest BCUT2D eigenvalue weighted by atomic mass is 32.2. The molecule has 0 radical (unpaired) electrons. The van der Waals surface area contributed by atoms with Gasteiger partial charge in [0.15, 0.2) is 5.16 Å². The number of thioether (sulfide) groups is 1. The molecule has 0 aliphatic heterocycles. The number of hydrogen-bond donors (Lipinski definition) is 2. The molecule has 0 saturated heterocycles. The van der Waals surface area contributed by atoms with Crippen molar-refractivity contribution >= 4 is 23.6 Å². The molecule has 0 aliphatic rings. The number of carbonyl (C=O) groups excluding carboxylic acids is 2. The molecule has 0 saturated carbocycles. The minimum absolute atomic E-state index is 0.242. The lowest BCUT2D eigenvalue weighted by atomic mass is 9.81. The number of rotatable bonds is 7. The van der Waals surface area contributed by atoms with E-state index in [0.717, 1.165) is 27.7 Å². The number of nitrogens with zero attached hydrogens (tertiary/aromatic N) is 2. The van der Waals surface area contributed by atoms with Gasteiger partial charge in [-0.3, -0.25) is 20.4 Å². The normalized spacial score (nSPS) is 11.1. The zero-order valence-electron chi connectivity index (χ0n) is 18.8. The van der Waals surface area contributed by atoms with Gasteiger partial charge in [-0.05, 0) is 48.6 Å². The summed E-state index contributed by atoms with van der Waals surface area (Å²) in [5.74, 6) is 0.109. The lowest BCUT2D eigenvalue weighted by Gasteiger charge is -2.24. The molecule has 7 heteroatoms. The Morgan fingerprint density at radius 2 is 1.53 bits per heavy atom. The minimum Gasteiger partial charge on any atom is -0.273 e. The SMILES string of the molecule is Cc1cc(C)nc(SCc2ccc(C(=O)NNC(=O)CC(C)(C)c3ccccc3)cc2)n1. The second-order valence-electron chi connectivity index (χ2n) is 8.35. The molecule has 1 aromatic heterocycles. The third-order valence-corrected chi connectivity index (χ3v) is 5.94. The Labute approximate surface area is 193 Å². The van der Waals surface area contributed by atoms with Crippen LogP contribution in [0.25, 0.3) is 0 Å². The number of benzene rings is 2. The Morgan fingerprint density at radius 1 is 0.906 bits per heavy atom. The smallest absolute Gasteiger partial charge is 0.269 e. The van der Waals surface area contributed by atoms with Gasteiger partial charge in [0.05, 0.1) is 0 Å². The predicted molar refractivity (Wildman–Crippen MR) is 127 cm³/mol. The molecule has 0 fully saturated rings. The van der Waals surface area contributed by atoms with Gasteiger partial charge in [0.2, 0.25) is 5.91 Å². The number of aryl methyl sites for hydroxylation is 2. The molecule has 0 aliphatic carbocycles. The van der Waals surface area contributed by atoms with E-state index in [9.17, 15) is 9.59 Å². The zero-order chi connectivity index (χ0) is 23.1. The van der Waals surface area contributed by atoms with Crippen LogP contribution >= 0.6 is 11.8 Å². The van der Waals surface area contributed by atoms with Crippen LogP contribution in [0.3, 0.4) is 0 Å². The van der Waals surface area contributed by atoms with Gasteiger partial charge in [-0.15, -0.1) is 0 Å². The standard InChI is InChI=1S/C25H28N4O2S/c1-17-14-18(2)27-24(26-17)32-16-19-10-12-20(13-11-19)23(31)29-28-22(30)15-25(3,4)21-8-6-5-7-9-21/h5-14H,15-16H2,1-4H3,(H,28,30)(H,29,31). The van der Waals surface area contributed by atoms with E-state index >= 15 is 0 Å².